The Hall–Kier alpha value is -1.54. The molecule has 136 valence electrons. The lowest BCUT2D eigenvalue weighted by Gasteiger charge is -2.06. The van der Waals surface area contributed by atoms with Gasteiger partial charge in [-0.2, -0.15) is 0 Å². The van der Waals surface area contributed by atoms with E-state index in [2.05, 4.69) is 49.3 Å². The van der Waals surface area contributed by atoms with Crippen LogP contribution in [-0.2, 0) is 5.75 Å². The van der Waals surface area contributed by atoms with E-state index in [4.69, 9.17) is 16.0 Å². The van der Waals surface area contributed by atoms with Crippen molar-refractivity contribution >= 4 is 62.0 Å². The fourth-order valence-corrected chi connectivity index (χ4v) is 4.46. The number of fused-ring (bicyclic) bond motifs is 1. The molecule has 4 nitrogen and oxygen atoms in total. The normalized spacial score (nSPS) is 11.2. The molecule has 27 heavy (non-hydrogen) atoms. The van der Waals surface area contributed by atoms with E-state index in [0.29, 0.717) is 22.0 Å². The van der Waals surface area contributed by atoms with Crippen LogP contribution >= 0.6 is 51.1 Å². The first-order valence-corrected chi connectivity index (χ1v) is 11.4. The van der Waals surface area contributed by atoms with Crippen molar-refractivity contribution in [2.24, 2.45) is 0 Å². The first-order valence-electron chi connectivity index (χ1n) is 7.98. The molecule has 4 rings (SSSR count). The van der Waals surface area contributed by atoms with Crippen LogP contribution in [0.15, 0.2) is 67.5 Å². The highest BCUT2D eigenvalue weighted by atomic mass is 79.9. The summed E-state index contributed by atoms with van der Waals surface area (Å²) in [5.41, 5.74) is 2.70. The van der Waals surface area contributed by atoms with Crippen molar-refractivity contribution in [1.29, 1.82) is 0 Å². The Kier molecular flexibility index (Phi) is 5.73. The molecule has 0 amide bonds. The van der Waals surface area contributed by atoms with E-state index in [1.807, 2.05) is 36.6 Å². The van der Waals surface area contributed by atoms with E-state index in [1.165, 1.54) is 16.7 Å². The van der Waals surface area contributed by atoms with Gasteiger partial charge in [-0.25, -0.2) is 4.98 Å². The van der Waals surface area contributed by atoms with Gasteiger partial charge in [0.15, 0.2) is 0 Å². The predicted octanol–water partition coefficient (Wildman–Crippen LogP) is 6.71. The van der Waals surface area contributed by atoms with Crippen LogP contribution in [0.5, 0.6) is 0 Å². The lowest BCUT2D eigenvalue weighted by Crippen LogP contribution is -1.89. The number of pyridine rings is 1. The minimum absolute atomic E-state index is 0.484. The molecule has 0 saturated carbocycles. The van der Waals surface area contributed by atoms with Gasteiger partial charge in [-0.15, -0.1) is 22.0 Å². The lowest BCUT2D eigenvalue weighted by molar-refractivity contribution is 0.465. The molecule has 0 saturated heterocycles. The van der Waals surface area contributed by atoms with Gasteiger partial charge in [-0.1, -0.05) is 41.6 Å². The van der Waals surface area contributed by atoms with Crippen LogP contribution in [0.3, 0.4) is 0 Å². The molecule has 8 heteroatoms. The Bertz CT molecular complexity index is 1120. The SMILES string of the molecule is CSc1ccc2cc(CSc3nnc(-c4ccccc4Br)o3)c(Cl)nc2c1. The average Bonchev–Trinajstić information content (AvgIpc) is 3.15. The van der Waals surface area contributed by atoms with E-state index in [0.717, 1.165) is 26.5 Å². The summed E-state index contributed by atoms with van der Waals surface area (Å²) in [6.45, 7) is 0. The Labute approximate surface area is 178 Å². The second-order valence-electron chi connectivity index (χ2n) is 5.64. The van der Waals surface area contributed by atoms with Gasteiger partial charge in [0, 0.05) is 26.1 Å². The number of rotatable bonds is 5. The number of aromatic nitrogens is 3. The van der Waals surface area contributed by atoms with Crippen molar-refractivity contribution in [3.05, 3.63) is 63.7 Å². The number of hydrogen-bond acceptors (Lipinski definition) is 6. The highest BCUT2D eigenvalue weighted by molar-refractivity contribution is 9.10. The maximum atomic E-state index is 6.38. The number of benzene rings is 2. The first-order chi connectivity index (χ1) is 13.1. The van der Waals surface area contributed by atoms with Crippen molar-refractivity contribution in [2.45, 2.75) is 15.9 Å². The Morgan fingerprint density at radius 2 is 1.96 bits per heavy atom. The highest BCUT2D eigenvalue weighted by Gasteiger charge is 2.13. The maximum absolute atomic E-state index is 6.38. The molecule has 2 aromatic carbocycles. The van der Waals surface area contributed by atoms with E-state index in [-0.39, 0.29) is 0 Å². The topological polar surface area (TPSA) is 51.8 Å². The van der Waals surface area contributed by atoms with Crippen LogP contribution in [0, 0.1) is 0 Å². The maximum Gasteiger partial charge on any atom is 0.277 e. The molecule has 0 N–H and O–H groups in total. The summed E-state index contributed by atoms with van der Waals surface area (Å²) >= 11 is 13.0. The number of halogens is 2. The summed E-state index contributed by atoms with van der Waals surface area (Å²) in [6, 6.07) is 16.0. The molecule has 0 radical (unpaired) electrons. The summed E-state index contributed by atoms with van der Waals surface area (Å²) in [6.07, 6.45) is 2.04. The summed E-state index contributed by atoms with van der Waals surface area (Å²) < 4.78 is 6.69. The van der Waals surface area contributed by atoms with Crippen LogP contribution in [0.4, 0.5) is 0 Å². The molecule has 0 atom stereocenters. The molecule has 0 spiro atoms. The van der Waals surface area contributed by atoms with Gasteiger partial charge in [-0.3, -0.25) is 0 Å². The largest absolute Gasteiger partial charge is 0.411 e. The quantitative estimate of drug-likeness (QED) is 0.234. The summed E-state index contributed by atoms with van der Waals surface area (Å²) in [4.78, 5) is 5.69. The van der Waals surface area contributed by atoms with Gasteiger partial charge in [0.2, 0.25) is 5.89 Å². The Morgan fingerprint density at radius 1 is 1.11 bits per heavy atom. The summed E-state index contributed by atoms with van der Waals surface area (Å²) in [5.74, 6) is 1.08. The summed E-state index contributed by atoms with van der Waals surface area (Å²) in [5, 5.41) is 10.3. The fraction of sp³-hybridized carbons (Fsp3) is 0.105. The third-order valence-corrected chi connectivity index (χ3v) is 6.52. The molecule has 0 fully saturated rings. The molecule has 0 aliphatic rings. The molecular weight excluding hydrogens is 466 g/mol. The van der Waals surface area contributed by atoms with Gasteiger partial charge in [0.1, 0.15) is 5.15 Å². The zero-order valence-electron chi connectivity index (χ0n) is 14.1. The van der Waals surface area contributed by atoms with Crippen molar-refractivity contribution in [1.82, 2.24) is 15.2 Å². The molecule has 0 aliphatic heterocycles. The van der Waals surface area contributed by atoms with Crippen molar-refractivity contribution in [2.75, 3.05) is 6.26 Å². The highest BCUT2D eigenvalue weighted by Crippen LogP contribution is 2.32. The second-order valence-corrected chi connectivity index (χ2v) is 8.66. The van der Waals surface area contributed by atoms with Gasteiger partial charge >= 0.3 is 0 Å². The smallest absolute Gasteiger partial charge is 0.277 e. The Morgan fingerprint density at radius 3 is 2.78 bits per heavy atom. The van der Waals surface area contributed by atoms with Gasteiger partial charge in [0.05, 0.1) is 11.1 Å². The van der Waals surface area contributed by atoms with E-state index >= 15 is 0 Å². The van der Waals surface area contributed by atoms with Gasteiger partial charge < -0.3 is 4.42 Å². The Balaban J connectivity index is 1.54. The fourth-order valence-electron chi connectivity index (χ4n) is 2.55. The van der Waals surface area contributed by atoms with Crippen LogP contribution in [0.1, 0.15) is 5.56 Å². The second kappa shape index (κ2) is 8.22. The van der Waals surface area contributed by atoms with E-state index < -0.39 is 0 Å². The van der Waals surface area contributed by atoms with Gasteiger partial charge in [-0.05, 0) is 52.5 Å². The van der Waals surface area contributed by atoms with Crippen molar-refractivity contribution < 1.29 is 4.42 Å². The number of nitrogens with zero attached hydrogens (tertiary/aromatic N) is 3. The minimum Gasteiger partial charge on any atom is -0.411 e. The summed E-state index contributed by atoms with van der Waals surface area (Å²) in [7, 11) is 0. The lowest BCUT2D eigenvalue weighted by atomic mass is 10.2. The van der Waals surface area contributed by atoms with Gasteiger partial charge in [0.25, 0.3) is 5.22 Å². The molecule has 2 aromatic heterocycles. The molecule has 0 unspecified atom stereocenters. The molecular formula is C19H13BrClN3OS2. The molecule has 2 heterocycles. The van der Waals surface area contributed by atoms with E-state index in [1.54, 1.807) is 11.8 Å². The predicted molar refractivity (Wildman–Crippen MR) is 116 cm³/mol. The molecule has 0 bridgehead atoms. The zero-order chi connectivity index (χ0) is 18.8. The monoisotopic (exact) mass is 477 g/mol. The molecule has 0 aliphatic carbocycles. The standard InChI is InChI=1S/C19H13BrClN3OS2/c1-26-13-7-6-11-8-12(17(21)22-16(11)9-13)10-27-19-24-23-18(25-19)14-4-2-3-5-15(14)20/h2-9H,10H2,1H3. The minimum atomic E-state index is 0.484. The molecule has 4 aromatic rings. The third-order valence-electron chi connectivity index (χ3n) is 3.91. The number of thioether (sulfide) groups is 2. The number of hydrogen-bond donors (Lipinski definition) is 0. The van der Waals surface area contributed by atoms with E-state index in [9.17, 15) is 0 Å². The van der Waals surface area contributed by atoms with Crippen LogP contribution in [0.2, 0.25) is 5.15 Å². The van der Waals surface area contributed by atoms with Crippen molar-refractivity contribution in [3.8, 4) is 11.5 Å². The first kappa shape index (κ1) is 18.8. The van der Waals surface area contributed by atoms with Crippen LogP contribution in [0.25, 0.3) is 22.4 Å². The van der Waals surface area contributed by atoms with Crippen molar-refractivity contribution in [3.63, 3.8) is 0 Å². The average molecular weight is 479 g/mol. The third kappa shape index (κ3) is 4.16. The van der Waals surface area contributed by atoms with Crippen LogP contribution in [-0.4, -0.2) is 21.4 Å². The van der Waals surface area contributed by atoms with Crippen LogP contribution < -0.4 is 0 Å². The zero-order valence-corrected chi connectivity index (χ0v) is 18.1.